The average molecular weight is 204 g/mol. The van der Waals surface area contributed by atoms with E-state index in [4.69, 9.17) is 0 Å². The molecule has 2 rings (SSSR count). The fourth-order valence-electron chi connectivity index (χ4n) is 1.00. The number of carbonyl (C=O) groups is 1. The van der Waals surface area contributed by atoms with Crippen molar-refractivity contribution < 1.29 is 4.79 Å². The van der Waals surface area contributed by atoms with Crippen LogP contribution >= 0.6 is 0 Å². The molecule has 0 saturated heterocycles. The molecule has 2 aromatic rings. The number of H-pyrrole nitrogens is 1. The molecule has 0 atom stereocenters. The third-order valence-corrected chi connectivity index (χ3v) is 1.71. The summed E-state index contributed by atoms with van der Waals surface area (Å²) < 4.78 is 0. The molecule has 7 heteroatoms. The van der Waals surface area contributed by atoms with Crippen LogP contribution in [0.3, 0.4) is 0 Å². The number of hydrogen-bond donors (Lipinski definition) is 2. The quantitative estimate of drug-likeness (QED) is 0.704. The molecule has 76 valence electrons. The molecule has 2 N–H and O–H groups in total. The molecule has 0 saturated carbocycles. The van der Waals surface area contributed by atoms with Crippen LogP contribution in [0.25, 0.3) is 0 Å². The van der Waals surface area contributed by atoms with Gasteiger partial charge >= 0.3 is 0 Å². The van der Waals surface area contributed by atoms with Gasteiger partial charge in [-0.25, -0.2) is 0 Å². The zero-order chi connectivity index (χ0) is 10.5. The Bertz CT molecular complexity index is 426. The maximum absolute atomic E-state index is 11.4. The summed E-state index contributed by atoms with van der Waals surface area (Å²) in [7, 11) is 0. The standard InChI is InChI=1S/C8H8N6O/c15-8(7-5-11-14-13-7)9-4-6-2-1-3-10-12-6/h1-3,5H,4H2,(H,9,15)(H,11,13,14). The van der Waals surface area contributed by atoms with Gasteiger partial charge in [0.1, 0.15) is 0 Å². The molecule has 1 amide bonds. The fourth-order valence-corrected chi connectivity index (χ4v) is 1.00. The van der Waals surface area contributed by atoms with E-state index in [1.165, 1.54) is 6.20 Å². The summed E-state index contributed by atoms with van der Waals surface area (Å²) in [5.74, 6) is -0.297. The van der Waals surface area contributed by atoms with Gasteiger partial charge < -0.3 is 5.32 Å². The van der Waals surface area contributed by atoms with Gasteiger partial charge in [0.05, 0.1) is 18.4 Å². The van der Waals surface area contributed by atoms with Gasteiger partial charge in [-0.3, -0.25) is 4.79 Å². The Balaban J connectivity index is 1.92. The van der Waals surface area contributed by atoms with E-state index in [9.17, 15) is 4.79 Å². The Morgan fingerprint density at radius 3 is 3.13 bits per heavy atom. The topological polar surface area (TPSA) is 96.5 Å². The Morgan fingerprint density at radius 2 is 2.47 bits per heavy atom. The van der Waals surface area contributed by atoms with Gasteiger partial charge in [-0.1, -0.05) is 0 Å². The number of carbonyl (C=O) groups excluding carboxylic acids is 1. The van der Waals surface area contributed by atoms with Crippen LogP contribution in [-0.2, 0) is 6.54 Å². The van der Waals surface area contributed by atoms with Crippen molar-refractivity contribution in [1.82, 2.24) is 30.9 Å². The van der Waals surface area contributed by atoms with E-state index in [0.29, 0.717) is 12.2 Å². The number of rotatable bonds is 3. The molecule has 0 aliphatic carbocycles. The number of aromatic nitrogens is 5. The molecule has 2 aromatic heterocycles. The lowest BCUT2D eigenvalue weighted by Crippen LogP contribution is -2.23. The lowest BCUT2D eigenvalue weighted by Gasteiger charge is -2.00. The molecule has 0 unspecified atom stereocenters. The Hall–Kier alpha value is -2.31. The normalized spacial score (nSPS) is 9.87. The van der Waals surface area contributed by atoms with Crippen molar-refractivity contribution >= 4 is 5.91 Å². The maximum Gasteiger partial charge on any atom is 0.273 e. The van der Waals surface area contributed by atoms with Crippen molar-refractivity contribution in [3.8, 4) is 0 Å². The highest BCUT2D eigenvalue weighted by molar-refractivity contribution is 5.91. The van der Waals surface area contributed by atoms with Crippen LogP contribution in [0, 0.1) is 0 Å². The van der Waals surface area contributed by atoms with Gasteiger partial charge in [-0.05, 0) is 12.1 Å². The lowest BCUT2D eigenvalue weighted by atomic mass is 10.3. The third-order valence-electron chi connectivity index (χ3n) is 1.71. The highest BCUT2D eigenvalue weighted by atomic mass is 16.1. The van der Waals surface area contributed by atoms with Gasteiger partial charge in [-0.15, -0.1) is 0 Å². The molecule has 2 heterocycles. The van der Waals surface area contributed by atoms with Crippen molar-refractivity contribution in [2.45, 2.75) is 6.54 Å². The molecule has 0 spiro atoms. The second-order valence-corrected chi connectivity index (χ2v) is 2.75. The first-order chi connectivity index (χ1) is 7.36. The molecule has 0 radical (unpaired) electrons. The average Bonchev–Trinajstić information content (AvgIpc) is 2.81. The largest absolute Gasteiger partial charge is 0.345 e. The second kappa shape index (κ2) is 4.27. The molecule has 0 aromatic carbocycles. The zero-order valence-corrected chi connectivity index (χ0v) is 7.71. The van der Waals surface area contributed by atoms with Crippen molar-refractivity contribution in [1.29, 1.82) is 0 Å². The first kappa shape index (κ1) is 9.25. The highest BCUT2D eigenvalue weighted by Crippen LogP contribution is 1.92. The van der Waals surface area contributed by atoms with Crippen LogP contribution in [0.5, 0.6) is 0 Å². The van der Waals surface area contributed by atoms with E-state index in [-0.39, 0.29) is 11.6 Å². The molecule has 7 nitrogen and oxygen atoms in total. The van der Waals surface area contributed by atoms with Gasteiger partial charge in [-0.2, -0.15) is 25.6 Å². The Kier molecular flexibility index (Phi) is 2.63. The summed E-state index contributed by atoms with van der Waals surface area (Å²) in [6.45, 7) is 0.319. The van der Waals surface area contributed by atoms with Crippen molar-refractivity contribution in [3.63, 3.8) is 0 Å². The minimum atomic E-state index is -0.297. The Labute approximate surface area is 84.9 Å². The maximum atomic E-state index is 11.4. The number of nitrogens with zero attached hydrogens (tertiary/aromatic N) is 4. The second-order valence-electron chi connectivity index (χ2n) is 2.75. The summed E-state index contributed by atoms with van der Waals surface area (Å²) in [5.41, 5.74) is 0.938. The first-order valence-corrected chi connectivity index (χ1v) is 4.27. The molecule has 0 bridgehead atoms. The molecule has 15 heavy (non-hydrogen) atoms. The predicted octanol–water partition coefficient (Wildman–Crippen LogP) is -0.475. The molecular weight excluding hydrogens is 196 g/mol. The van der Waals surface area contributed by atoms with E-state index in [2.05, 4.69) is 30.9 Å². The molecular formula is C8H8N6O. The minimum Gasteiger partial charge on any atom is -0.345 e. The number of hydrogen-bond acceptors (Lipinski definition) is 5. The molecule has 0 aliphatic rings. The van der Waals surface area contributed by atoms with Crippen LogP contribution in [0.2, 0.25) is 0 Å². The fraction of sp³-hybridized carbons (Fsp3) is 0.125. The van der Waals surface area contributed by atoms with E-state index < -0.39 is 0 Å². The summed E-state index contributed by atoms with van der Waals surface area (Å²) >= 11 is 0. The zero-order valence-electron chi connectivity index (χ0n) is 7.71. The van der Waals surface area contributed by atoms with Crippen LogP contribution < -0.4 is 5.32 Å². The SMILES string of the molecule is O=C(NCc1cccnn1)c1cn[nH]n1. The summed E-state index contributed by atoms with van der Waals surface area (Å²) in [5, 5.41) is 19.7. The van der Waals surface area contributed by atoms with Gasteiger partial charge in [0.2, 0.25) is 0 Å². The van der Waals surface area contributed by atoms with Crippen LogP contribution in [0.15, 0.2) is 24.5 Å². The number of nitrogens with one attached hydrogen (secondary N) is 2. The van der Waals surface area contributed by atoms with Gasteiger partial charge in [0, 0.05) is 6.20 Å². The summed E-state index contributed by atoms with van der Waals surface area (Å²) in [4.78, 5) is 11.4. The smallest absolute Gasteiger partial charge is 0.273 e. The first-order valence-electron chi connectivity index (χ1n) is 4.27. The van der Waals surface area contributed by atoms with E-state index >= 15 is 0 Å². The number of amides is 1. The molecule has 0 aliphatic heterocycles. The third kappa shape index (κ3) is 2.33. The van der Waals surface area contributed by atoms with Crippen LogP contribution in [0.1, 0.15) is 16.2 Å². The van der Waals surface area contributed by atoms with E-state index in [1.54, 1.807) is 18.3 Å². The minimum absolute atomic E-state index is 0.249. The van der Waals surface area contributed by atoms with E-state index in [0.717, 1.165) is 0 Å². The Morgan fingerprint density at radius 1 is 1.53 bits per heavy atom. The van der Waals surface area contributed by atoms with Gasteiger partial charge in [0.15, 0.2) is 5.69 Å². The summed E-state index contributed by atoms with van der Waals surface area (Å²) in [6, 6.07) is 3.53. The lowest BCUT2D eigenvalue weighted by molar-refractivity contribution is 0.0945. The van der Waals surface area contributed by atoms with Gasteiger partial charge in [0.25, 0.3) is 5.91 Å². The summed E-state index contributed by atoms with van der Waals surface area (Å²) in [6.07, 6.45) is 2.93. The van der Waals surface area contributed by atoms with Crippen LogP contribution in [0.4, 0.5) is 0 Å². The van der Waals surface area contributed by atoms with Crippen molar-refractivity contribution in [2.75, 3.05) is 0 Å². The highest BCUT2D eigenvalue weighted by Gasteiger charge is 2.07. The number of aromatic amines is 1. The molecule has 0 fully saturated rings. The van der Waals surface area contributed by atoms with Crippen LogP contribution in [-0.4, -0.2) is 31.5 Å². The monoisotopic (exact) mass is 204 g/mol. The van der Waals surface area contributed by atoms with E-state index in [1.807, 2.05) is 0 Å². The van der Waals surface area contributed by atoms with Crippen molar-refractivity contribution in [3.05, 3.63) is 35.9 Å². The van der Waals surface area contributed by atoms with Crippen molar-refractivity contribution in [2.24, 2.45) is 0 Å². The predicted molar refractivity (Wildman–Crippen MR) is 49.6 cm³/mol.